The molecule has 0 aromatic carbocycles. The van der Waals surface area contributed by atoms with Crippen LogP contribution in [0.1, 0.15) is 41.0 Å². The normalized spacial score (nSPS) is 28.5. The van der Waals surface area contributed by atoms with Gasteiger partial charge in [-0.05, 0) is 12.3 Å². The van der Waals surface area contributed by atoms with Crippen LogP contribution in [0.25, 0.3) is 0 Å². The van der Waals surface area contributed by atoms with Gasteiger partial charge in [0.25, 0.3) is 5.91 Å². The number of nitrogens with zero attached hydrogens (tertiary/aromatic N) is 1. The lowest BCUT2D eigenvalue weighted by Crippen LogP contribution is -2.82. The van der Waals surface area contributed by atoms with Crippen LogP contribution in [0.15, 0.2) is 0 Å². The number of aliphatic hydroxyl groups is 1. The monoisotopic (exact) mass is 418 g/mol. The van der Waals surface area contributed by atoms with E-state index in [0.717, 1.165) is 4.90 Å². The summed E-state index contributed by atoms with van der Waals surface area (Å²) in [5.74, 6) is -3.13. The van der Waals surface area contributed by atoms with Gasteiger partial charge in [0, 0.05) is 12.8 Å². The molecule has 0 aromatic heterocycles. The number of halogens is 1. The fraction of sp³-hybridized carbons (Fsp3) is 0.778. The molecular formula is C18H27ClN2O7. The van der Waals surface area contributed by atoms with E-state index in [4.69, 9.17) is 21.1 Å². The minimum absolute atomic E-state index is 0.141. The zero-order valence-corrected chi connectivity index (χ0v) is 17.4. The predicted octanol–water partition coefficient (Wildman–Crippen LogP) is 1.01. The SMILES string of the molecule is CC(OC(=O)C(C)C)OC(=O)N1C(=O)[C@]2([C@@H](O)C(C)C)NC(=O)[C@H](CCCl)[C@H]12. The standard InChI is InChI=1S/C18H27ClN2O7/c1-8(2)13(22)18-12(11(6-7-19)14(23)20-18)21(16(18)25)17(26)28-10(5)27-15(24)9(3)4/h8-13,22H,6-7H2,1-5H3,(H,20,23)/t10?,11-,12+,13+,18+/m1/s1. The van der Waals surface area contributed by atoms with Crippen LogP contribution >= 0.6 is 11.6 Å². The first-order chi connectivity index (χ1) is 13.0. The Morgan fingerprint density at radius 3 is 2.32 bits per heavy atom. The number of carbonyl (C=O) groups is 4. The Morgan fingerprint density at radius 2 is 1.82 bits per heavy atom. The Morgan fingerprint density at radius 1 is 1.21 bits per heavy atom. The molecule has 0 spiro atoms. The summed E-state index contributed by atoms with van der Waals surface area (Å²) in [6, 6.07) is -0.927. The molecule has 2 fully saturated rings. The zero-order valence-electron chi connectivity index (χ0n) is 16.6. The van der Waals surface area contributed by atoms with Crippen molar-refractivity contribution in [3.63, 3.8) is 0 Å². The summed E-state index contributed by atoms with van der Waals surface area (Å²) in [6.07, 6.45) is -3.22. The second-order valence-corrected chi connectivity index (χ2v) is 8.17. The first kappa shape index (κ1) is 22.4. The molecule has 0 aromatic rings. The average Bonchev–Trinajstić information content (AvgIpc) is 2.84. The van der Waals surface area contributed by atoms with Gasteiger partial charge >= 0.3 is 12.1 Å². The number of nitrogens with one attached hydrogen (secondary N) is 1. The average molecular weight is 419 g/mol. The number of hydrogen-bond donors (Lipinski definition) is 2. The van der Waals surface area contributed by atoms with Crippen molar-refractivity contribution in [2.24, 2.45) is 17.8 Å². The molecular weight excluding hydrogens is 392 g/mol. The van der Waals surface area contributed by atoms with Crippen molar-refractivity contribution < 1.29 is 33.8 Å². The number of carbonyl (C=O) groups excluding carboxylic acids is 4. The highest BCUT2D eigenvalue weighted by atomic mass is 35.5. The second-order valence-electron chi connectivity index (χ2n) is 7.79. The molecule has 5 atom stereocenters. The molecule has 158 valence electrons. The smallest absolute Gasteiger partial charge is 0.420 e. The first-order valence-corrected chi connectivity index (χ1v) is 9.83. The molecule has 3 amide bonds. The quantitative estimate of drug-likeness (QED) is 0.274. The Hall–Kier alpha value is -1.87. The van der Waals surface area contributed by atoms with Crippen LogP contribution < -0.4 is 5.32 Å². The van der Waals surface area contributed by atoms with Gasteiger partial charge in [-0.2, -0.15) is 0 Å². The Balaban J connectivity index is 2.23. The van der Waals surface area contributed by atoms with E-state index in [1.54, 1.807) is 27.7 Å². The molecule has 0 radical (unpaired) electrons. The summed E-state index contributed by atoms with van der Waals surface area (Å²) < 4.78 is 10.1. The van der Waals surface area contributed by atoms with Crippen molar-refractivity contribution in [2.75, 3.05) is 5.88 Å². The van der Waals surface area contributed by atoms with E-state index in [-0.39, 0.29) is 18.2 Å². The number of β-lactam (4-membered cyclic amide) rings is 1. The second kappa shape index (κ2) is 8.24. The van der Waals surface area contributed by atoms with Crippen LogP contribution in [0.4, 0.5) is 4.79 Å². The third-order valence-electron chi connectivity index (χ3n) is 5.10. The van der Waals surface area contributed by atoms with Gasteiger partial charge in [-0.15, -0.1) is 11.6 Å². The minimum atomic E-state index is -1.58. The highest BCUT2D eigenvalue weighted by Crippen LogP contribution is 2.46. The lowest BCUT2D eigenvalue weighted by atomic mass is 9.69. The maximum atomic E-state index is 12.9. The largest absolute Gasteiger partial charge is 0.425 e. The van der Waals surface area contributed by atoms with E-state index >= 15 is 0 Å². The summed E-state index contributed by atoms with van der Waals surface area (Å²) in [6.45, 7) is 8.03. The zero-order chi connectivity index (χ0) is 21.4. The third kappa shape index (κ3) is 3.57. The highest BCUT2D eigenvalue weighted by molar-refractivity contribution is 6.18. The van der Waals surface area contributed by atoms with E-state index in [2.05, 4.69) is 5.32 Å². The van der Waals surface area contributed by atoms with E-state index in [0.29, 0.717) is 0 Å². The van der Waals surface area contributed by atoms with Gasteiger partial charge in [0.2, 0.25) is 12.2 Å². The van der Waals surface area contributed by atoms with E-state index in [1.807, 2.05) is 0 Å². The summed E-state index contributed by atoms with van der Waals surface area (Å²) in [7, 11) is 0. The number of ether oxygens (including phenoxy) is 2. The van der Waals surface area contributed by atoms with Gasteiger partial charge < -0.3 is 19.9 Å². The molecule has 10 heteroatoms. The number of imide groups is 1. The maximum Gasteiger partial charge on any atom is 0.420 e. The topological polar surface area (TPSA) is 122 Å². The Bertz CT molecular complexity index is 668. The van der Waals surface area contributed by atoms with Gasteiger partial charge in [0.05, 0.1) is 24.0 Å². The van der Waals surface area contributed by atoms with Crippen LogP contribution in [0.3, 0.4) is 0 Å². The molecule has 9 nitrogen and oxygen atoms in total. The van der Waals surface area contributed by atoms with Gasteiger partial charge in [0.1, 0.15) is 0 Å². The number of fused-ring (bicyclic) bond motifs is 1. The number of esters is 1. The number of aliphatic hydroxyl groups excluding tert-OH is 1. The van der Waals surface area contributed by atoms with Gasteiger partial charge in [-0.1, -0.05) is 27.7 Å². The predicted molar refractivity (Wildman–Crippen MR) is 98.1 cm³/mol. The molecule has 2 aliphatic rings. The Kier molecular flexibility index (Phi) is 6.60. The van der Waals surface area contributed by atoms with Crippen LogP contribution in [0.5, 0.6) is 0 Å². The van der Waals surface area contributed by atoms with Crippen LogP contribution in [-0.2, 0) is 23.9 Å². The number of alkyl halides is 1. The van der Waals surface area contributed by atoms with Crippen molar-refractivity contribution >= 4 is 35.5 Å². The van der Waals surface area contributed by atoms with Gasteiger partial charge in [-0.3, -0.25) is 14.4 Å². The fourth-order valence-electron chi connectivity index (χ4n) is 3.68. The van der Waals surface area contributed by atoms with Crippen LogP contribution in [0, 0.1) is 17.8 Å². The summed E-state index contributed by atoms with van der Waals surface area (Å²) in [5.41, 5.74) is -1.58. The molecule has 1 unspecified atom stereocenters. The number of rotatable bonds is 7. The van der Waals surface area contributed by atoms with Crippen LogP contribution in [0.2, 0.25) is 0 Å². The van der Waals surface area contributed by atoms with Crippen molar-refractivity contribution in [3.8, 4) is 0 Å². The number of amides is 3. The van der Waals surface area contributed by atoms with Crippen molar-refractivity contribution in [1.29, 1.82) is 0 Å². The summed E-state index contributed by atoms with van der Waals surface area (Å²) in [4.78, 5) is 50.3. The van der Waals surface area contributed by atoms with E-state index in [1.165, 1.54) is 6.92 Å². The Labute approximate surface area is 168 Å². The van der Waals surface area contributed by atoms with Crippen molar-refractivity contribution in [3.05, 3.63) is 0 Å². The molecule has 2 heterocycles. The maximum absolute atomic E-state index is 12.9. The van der Waals surface area contributed by atoms with E-state index < -0.39 is 59.7 Å². The lowest BCUT2D eigenvalue weighted by molar-refractivity contribution is -0.180. The molecule has 2 saturated heterocycles. The minimum Gasteiger partial charge on any atom is -0.425 e. The molecule has 0 saturated carbocycles. The van der Waals surface area contributed by atoms with Crippen LogP contribution in [-0.4, -0.2) is 63.7 Å². The number of likely N-dealkylation sites (tertiary alicyclic amines) is 1. The third-order valence-corrected chi connectivity index (χ3v) is 5.32. The lowest BCUT2D eigenvalue weighted by Gasteiger charge is -2.53. The molecule has 0 aliphatic carbocycles. The first-order valence-electron chi connectivity index (χ1n) is 9.29. The van der Waals surface area contributed by atoms with Gasteiger partial charge in [0.15, 0.2) is 5.54 Å². The molecule has 2 rings (SSSR count). The molecule has 2 aliphatic heterocycles. The van der Waals surface area contributed by atoms with Crippen molar-refractivity contribution in [2.45, 2.75) is 65.0 Å². The molecule has 2 N–H and O–H groups in total. The molecule has 28 heavy (non-hydrogen) atoms. The molecule has 0 bridgehead atoms. The number of hydrogen-bond acceptors (Lipinski definition) is 7. The van der Waals surface area contributed by atoms with Crippen molar-refractivity contribution in [1.82, 2.24) is 10.2 Å². The summed E-state index contributed by atoms with van der Waals surface area (Å²) in [5, 5.41) is 13.2. The highest BCUT2D eigenvalue weighted by Gasteiger charge is 2.74. The van der Waals surface area contributed by atoms with Gasteiger partial charge in [-0.25, -0.2) is 9.69 Å². The fourth-order valence-corrected chi connectivity index (χ4v) is 3.92. The summed E-state index contributed by atoms with van der Waals surface area (Å²) >= 11 is 5.79. The van der Waals surface area contributed by atoms with E-state index in [9.17, 15) is 24.3 Å².